The van der Waals surface area contributed by atoms with Crippen molar-refractivity contribution < 1.29 is 9.90 Å². The Kier molecular flexibility index (Phi) is 3.54. The highest BCUT2D eigenvalue weighted by Crippen LogP contribution is 2.24. The van der Waals surface area contributed by atoms with Gasteiger partial charge in [-0.2, -0.15) is 0 Å². The zero-order valence-corrected chi connectivity index (χ0v) is 9.59. The normalized spacial score (nSPS) is 10.8. The zero-order valence-electron chi connectivity index (χ0n) is 8.77. The van der Waals surface area contributed by atoms with Crippen molar-refractivity contribution in [1.29, 1.82) is 0 Å². The Morgan fingerprint density at radius 1 is 1.38 bits per heavy atom. The van der Waals surface area contributed by atoms with E-state index in [0.717, 1.165) is 6.54 Å². The number of carboxylic acids is 1. The molecule has 1 heterocycles. The van der Waals surface area contributed by atoms with Crippen molar-refractivity contribution >= 4 is 27.4 Å². The van der Waals surface area contributed by atoms with Crippen LogP contribution in [0.25, 0.3) is 10.1 Å². The summed E-state index contributed by atoms with van der Waals surface area (Å²) in [6.45, 7) is 1.26. The number of rotatable bonds is 5. The summed E-state index contributed by atoms with van der Waals surface area (Å²) in [7, 11) is 0. The minimum Gasteiger partial charge on any atom is -0.481 e. The fourth-order valence-electron chi connectivity index (χ4n) is 1.53. The van der Waals surface area contributed by atoms with E-state index in [-0.39, 0.29) is 6.42 Å². The average molecular weight is 235 g/mol. The van der Waals surface area contributed by atoms with E-state index in [1.807, 2.05) is 12.1 Å². The Morgan fingerprint density at radius 2 is 2.19 bits per heavy atom. The Balaban J connectivity index is 1.92. The molecule has 2 aromatic rings. The number of nitrogens with one attached hydrogen (secondary N) is 1. The molecule has 0 aliphatic heterocycles. The van der Waals surface area contributed by atoms with Gasteiger partial charge in [0.15, 0.2) is 0 Å². The Hall–Kier alpha value is -1.39. The molecule has 3 nitrogen and oxygen atoms in total. The predicted octanol–water partition coefficient (Wildman–Crippen LogP) is 2.47. The van der Waals surface area contributed by atoms with Crippen LogP contribution in [-0.4, -0.2) is 17.6 Å². The van der Waals surface area contributed by atoms with Gasteiger partial charge in [-0.3, -0.25) is 4.79 Å². The summed E-state index contributed by atoms with van der Waals surface area (Å²) in [6.07, 6.45) is 0.172. The standard InChI is InChI=1S/C12H13NO2S/c14-12(15)5-6-13-8-10-7-9-3-1-2-4-11(9)16-10/h1-4,7,13H,5-6,8H2,(H,14,15). The molecule has 2 rings (SSSR count). The molecule has 0 unspecified atom stereocenters. The second kappa shape index (κ2) is 5.09. The van der Waals surface area contributed by atoms with E-state index in [4.69, 9.17) is 5.11 Å². The SMILES string of the molecule is O=C(O)CCNCc1cc2ccccc2s1. The second-order valence-corrected chi connectivity index (χ2v) is 4.74. The molecule has 1 aromatic carbocycles. The summed E-state index contributed by atoms with van der Waals surface area (Å²) < 4.78 is 1.28. The van der Waals surface area contributed by atoms with Gasteiger partial charge in [-0.05, 0) is 17.5 Å². The smallest absolute Gasteiger partial charge is 0.304 e. The largest absolute Gasteiger partial charge is 0.481 e. The number of aliphatic carboxylic acids is 1. The third kappa shape index (κ3) is 2.81. The van der Waals surface area contributed by atoms with E-state index < -0.39 is 5.97 Å². The highest BCUT2D eigenvalue weighted by molar-refractivity contribution is 7.19. The summed E-state index contributed by atoms with van der Waals surface area (Å²) in [5.74, 6) is -0.760. The molecule has 84 valence electrons. The first-order chi connectivity index (χ1) is 7.75. The van der Waals surface area contributed by atoms with Gasteiger partial charge in [-0.1, -0.05) is 18.2 Å². The maximum atomic E-state index is 10.3. The molecule has 0 saturated heterocycles. The van der Waals surface area contributed by atoms with Crippen LogP contribution in [0, 0.1) is 0 Å². The van der Waals surface area contributed by atoms with Gasteiger partial charge >= 0.3 is 5.97 Å². The molecule has 0 amide bonds. The molecular formula is C12H13NO2S. The second-order valence-electron chi connectivity index (χ2n) is 3.57. The van der Waals surface area contributed by atoms with Gasteiger partial charge in [0.2, 0.25) is 0 Å². The maximum Gasteiger partial charge on any atom is 0.304 e. The maximum absolute atomic E-state index is 10.3. The lowest BCUT2D eigenvalue weighted by molar-refractivity contribution is -0.136. The van der Waals surface area contributed by atoms with Gasteiger partial charge in [0, 0.05) is 22.7 Å². The van der Waals surface area contributed by atoms with Crippen molar-refractivity contribution in [2.45, 2.75) is 13.0 Å². The topological polar surface area (TPSA) is 49.3 Å². The van der Waals surface area contributed by atoms with Gasteiger partial charge in [-0.25, -0.2) is 0 Å². The third-order valence-corrected chi connectivity index (χ3v) is 3.41. The number of carbonyl (C=O) groups is 1. The first-order valence-corrected chi connectivity index (χ1v) is 5.97. The molecule has 16 heavy (non-hydrogen) atoms. The van der Waals surface area contributed by atoms with E-state index in [0.29, 0.717) is 6.54 Å². The van der Waals surface area contributed by atoms with Gasteiger partial charge in [0.1, 0.15) is 0 Å². The Bertz CT molecular complexity index is 459. The lowest BCUT2D eigenvalue weighted by Gasteiger charge is -1.98. The van der Waals surface area contributed by atoms with Crippen molar-refractivity contribution in [3.05, 3.63) is 35.2 Å². The van der Waals surface area contributed by atoms with Crippen molar-refractivity contribution in [2.75, 3.05) is 6.54 Å². The summed E-state index contributed by atoms with van der Waals surface area (Å²) in [6, 6.07) is 10.4. The van der Waals surface area contributed by atoms with E-state index in [2.05, 4.69) is 23.5 Å². The monoisotopic (exact) mass is 235 g/mol. The van der Waals surface area contributed by atoms with Crippen LogP contribution in [-0.2, 0) is 11.3 Å². The molecule has 0 radical (unpaired) electrons. The van der Waals surface area contributed by atoms with Gasteiger partial charge in [-0.15, -0.1) is 11.3 Å². The minimum atomic E-state index is -0.760. The molecule has 0 atom stereocenters. The van der Waals surface area contributed by atoms with Gasteiger partial charge in [0.05, 0.1) is 6.42 Å². The summed E-state index contributed by atoms with van der Waals surface area (Å²) >= 11 is 1.75. The van der Waals surface area contributed by atoms with Crippen molar-refractivity contribution in [3.63, 3.8) is 0 Å². The number of hydrogen-bond acceptors (Lipinski definition) is 3. The molecule has 0 aliphatic rings. The molecule has 0 aliphatic carbocycles. The lowest BCUT2D eigenvalue weighted by Crippen LogP contribution is -2.16. The molecule has 0 bridgehead atoms. The fraction of sp³-hybridized carbons (Fsp3) is 0.250. The van der Waals surface area contributed by atoms with Crippen molar-refractivity contribution in [2.24, 2.45) is 0 Å². The van der Waals surface area contributed by atoms with Crippen LogP contribution >= 0.6 is 11.3 Å². The summed E-state index contributed by atoms with van der Waals surface area (Å²) in [5.41, 5.74) is 0. The minimum absolute atomic E-state index is 0.172. The average Bonchev–Trinajstić information content (AvgIpc) is 2.66. The first kappa shape index (κ1) is 11.1. The van der Waals surface area contributed by atoms with Gasteiger partial charge < -0.3 is 10.4 Å². The number of carboxylic acid groups (broad SMARTS) is 1. The molecule has 0 fully saturated rings. The number of hydrogen-bond donors (Lipinski definition) is 2. The number of fused-ring (bicyclic) bond motifs is 1. The van der Waals surface area contributed by atoms with Crippen LogP contribution in [0.4, 0.5) is 0 Å². The van der Waals surface area contributed by atoms with E-state index in [9.17, 15) is 4.79 Å². The van der Waals surface area contributed by atoms with E-state index in [1.165, 1.54) is 15.0 Å². The van der Waals surface area contributed by atoms with Crippen LogP contribution in [0.3, 0.4) is 0 Å². The summed E-state index contributed by atoms with van der Waals surface area (Å²) in [5, 5.41) is 12.9. The molecule has 1 aromatic heterocycles. The molecule has 0 spiro atoms. The third-order valence-electron chi connectivity index (χ3n) is 2.29. The van der Waals surface area contributed by atoms with Crippen molar-refractivity contribution in [3.8, 4) is 0 Å². The molecule has 2 N–H and O–H groups in total. The molecule has 0 saturated carbocycles. The first-order valence-electron chi connectivity index (χ1n) is 5.15. The van der Waals surface area contributed by atoms with Crippen LogP contribution < -0.4 is 5.32 Å². The lowest BCUT2D eigenvalue weighted by atomic mass is 10.2. The Labute approximate surface area is 97.7 Å². The summed E-state index contributed by atoms with van der Waals surface area (Å²) in [4.78, 5) is 11.6. The number of benzene rings is 1. The highest BCUT2D eigenvalue weighted by Gasteiger charge is 2.01. The highest BCUT2D eigenvalue weighted by atomic mass is 32.1. The fourth-order valence-corrected chi connectivity index (χ4v) is 2.56. The van der Waals surface area contributed by atoms with E-state index >= 15 is 0 Å². The van der Waals surface area contributed by atoms with Crippen LogP contribution in [0.1, 0.15) is 11.3 Å². The zero-order chi connectivity index (χ0) is 11.4. The Morgan fingerprint density at radius 3 is 2.94 bits per heavy atom. The predicted molar refractivity (Wildman–Crippen MR) is 65.8 cm³/mol. The van der Waals surface area contributed by atoms with Crippen LogP contribution in [0.2, 0.25) is 0 Å². The van der Waals surface area contributed by atoms with E-state index in [1.54, 1.807) is 11.3 Å². The van der Waals surface area contributed by atoms with Crippen LogP contribution in [0.5, 0.6) is 0 Å². The van der Waals surface area contributed by atoms with Crippen LogP contribution in [0.15, 0.2) is 30.3 Å². The quantitative estimate of drug-likeness (QED) is 0.783. The van der Waals surface area contributed by atoms with Crippen molar-refractivity contribution in [1.82, 2.24) is 5.32 Å². The van der Waals surface area contributed by atoms with Gasteiger partial charge in [0.25, 0.3) is 0 Å². The number of thiophene rings is 1. The molecular weight excluding hydrogens is 222 g/mol. The molecule has 4 heteroatoms.